The largest absolute Gasteiger partial charge is 0.389 e. The van der Waals surface area contributed by atoms with Gasteiger partial charge in [-0.2, -0.15) is 13.2 Å². The summed E-state index contributed by atoms with van der Waals surface area (Å²) in [5, 5.41) is 2.42. The van der Waals surface area contributed by atoms with Crippen molar-refractivity contribution >= 4 is 11.8 Å². The number of carbonyl (C=O) groups is 2. The third-order valence-electron chi connectivity index (χ3n) is 5.21. The van der Waals surface area contributed by atoms with Crippen molar-refractivity contribution in [1.82, 2.24) is 10.2 Å². The zero-order chi connectivity index (χ0) is 22.8. The molecule has 9 heteroatoms. The molecule has 2 unspecified atom stereocenters. The number of hydrogen-bond acceptors (Lipinski definition) is 2. The van der Waals surface area contributed by atoms with Gasteiger partial charge in [0.15, 0.2) is 0 Å². The highest BCUT2D eigenvalue weighted by molar-refractivity contribution is 6.04. The first-order chi connectivity index (χ1) is 14.6. The Hall–Kier alpha value is -2.97. The van der Waals surface area contributed by atoms with Gasteiger partial charge in [-0.1, -0.05) is 19.1 Å². The molecular weight excluding hydrogens is 419 g/mol. The molecule has 3 rings (SSSR count). The monoisotopic (exact) mass is 440 g/mol. The highest BCUT2D eigenvalue weighted by atomic mass is 19.4. The predicted molar refractivity (Wildman–Crippen MR) is 103 cm³/mol. The standard InChI is InChI=1S/C22H21F5N2O2/c1-13(14-3-5-15(23)6-4-14)12-29-19(20(30)28-10-2-9-22(25,26)27)18-11-16(24)7-8-17(18)21(29)31/h3-8,11,13,19H,2,9-10,12H2,1H3,(H,28,30). The third-order valence-corrected chi connectivity index (χ3v) is 5.21. The smallest absolute Gasteiger partial charge is 0.354 e. The average Bonchev–Trinajstić information content (AvgIpc) is 2.96. The van der Waals surface area contributed by atoms with Crippen molar-refractivity contribution in [3.05, 3.63) is 70.8 Å². The third kappa shape index (κ3) is 5.39. The summed E-state index contributed by atoms with van der Waals surface area (Å²) < 4.78 is 64.0. The van der Waals surface area contributed by atoms with Crippen LogP contribution in [0.2, 0.25) is 0 Å². The van der Waals surface area contributed by atoms with E-state index in [2.05, 4.69) is 5.32 Å². The molecule has 0 saturated carbocycles. The molecule has 1 heterocycles. The second-order valence-corrected chi connectivity index (χ2v) is 7.55. The van der Waals surface area contributed by atoms with Gasteiger partial charge in [0.25, 0.3) is 5.91 Å². The molecule has 166 valence electrons. The molecule has 0 fully saturated rings. The fourth-order valence-electron chi connectivity index (χ4n) is 3.65. The van der Waals surface area contributed by atoms with Crippen LogP contribution in [-0.2, 0) is 4.79 Å². The summed E-state index contributed by atoms with van der Waals surface area (Å²) in [6.45, 7) is 1.65. The van der Waals surface area contributed by atoms with Crippen molar-refractivity contribution < 1.29 is 31.5 Å². The number of benzene rings is 2. The van der Waals surface area contributed by atoms with E-state index >= 15 is 0 Å². The first-order valence-electron chi connectivity index (χ1n) is 9.77. The Morgan fingerprint density at radius 1 is 1.10 bits per heavy atom. The summed E-state index contributed by atoms with van der Waals surface area (Å²) in [7, 11) is 0. The molecule has 2 atom stereocenters. The van der Waals surface area contributed by atoms with Crippen molar-refractivity contribution in [3.63, 3.8) is 0 Å². The van der Waals surface area contributed by atoms with E-state index in [-0.39, 0.29) is 36.6 Å². The second-order valence-electron chi connectivity index (χ2n) is 7.55. The van der Waals surface area contributed by atoms with Crippen LogP contribution in [0.5, 0.6) is 0 Å². The fraction of sp³-hybridized carbons (Fsp3) is 0.364. The Morgan fingerprint density at radius 2 is 1.74 bits per heavy atom. The highest BCUT2D eigenvalue weighted by Crippen LogP contribution is 2.36. The van der Waals surface area contributed by atoms with E-state index in [4.69, 9.17) is 0 Å². The molecule has 2 aromatic carbocycles. The fourth-order valence-corrected chi connectivity index (χ4v) is 3.65. The summed E-state index contributed by atoms with van der Waals surface area (Å²) in [4.78, 5) is 27.0. The SMILES string of the molecule is CC(CN1C(=O)c2ccc(F)cc2C1C(=O)NCCCC(F)(F)F)c1ccc(F)cc1. The molecule has 31 heavy (non-hydrogen) atoms. The molecule has 0 radical (unpaired) electrons. The van der Waals surface area contributed by atoms with E-state index in [1.165, 1.54) is 23.1 Å². The van der Waals surface area contributed by atoms with Crippen molar-refractivity contribution in [2.45, 2.75) is 37.9 Å². The lowest BCUT2D eigenvalue weighted by Gasteiger charge is -2.27. The minimum atomic E-state index is -4.33. The van der Waals surface area contributed by atoms with Crippen LogP contribution < -0.4 is 5.32 Å². The number of carbonyl (C=O) groups excluding carboxylic acids is 2. The lowest BCUT2D eigenvalue weighted by molar-refractivity contribution is -0.136. The maximum Gasteiger partial charge on any atom is 0.389 e. The first kappa shape index (κ1) is 22.7. The van der Waals surface area contributed by atoms with Gasteiger partial charge in [-0.05, 0) is 53.8 Å². The Balaban J connectivity index is 1.80. The van der Waals surface area contributed by atoms with Crippen LogP contribution in [0.15, 0.2) is 42.5 Å². The Morgan fingerprint density at radius 3 is 2.39 bits per heavy atom. The van der Waals surface area contributed by atoms with Crippen molar-refractivity contribution in [2.75, 3.05) is 13.1 Å². The molecule has 1 aliphatic rings. The Kier molecular flexibility index (Phi) is 6.62. The van der Waals surface area contributed by atoms with Crippen LogP contribution >= 0.6 is 0 Å². The maximum absolute atomic E-state index is 13.8. The number of hydrogen-bond donors (Lipinski definition) is 1. The molecule has 0 bridgehead atoms. The molecule has 1 N–H and O–H groups in total. The molecule has 0 aromatic heterocycles. The van der Waals surface area contributed by atoms with Gasteiger partial charge >= 0.3 is 6.18 Å². The van der Waals surface area contributed by atoms with E-state index in [0.29, 0.717) is 0 Å². The van der Waals surface area contributed by atoms with Gasteiger partial charge in [-0.3, -0.25) is 9.59 Å². The molecule has 0 spiro atoms. The number of rotatable bonds is 7. The number of nitrogens with one attached hydrogen (secondary N) is 1. The van der Waals surface area contributed by atoms with Crippen LogP contribution in [0, 0.1) is 11.6 Å². The highest BCUT2D eigenvalue weighted by Gasteiger charge is 2.41. The summed E-state index contributed by atoms with van der Waals surface area (Å²) >= 11 is 0. The van der Waals surface area contributed by atoms with Crippen LogP contribution in [0.25, 0.3) is 0 Å². The van der Waals surface area contributed by atoms with E-state index in [1.54, 1.807) is 19.1 Å². The summed E-state index contributed by atoms with van der Waals surface area (Å²) in [6, 6.07) is 8.04. The number of halogens is 5. The Bertz CT molecular complexity index is 959. The van der Waals surface area contributed by atoms with Gasteiger partial charge in [-0.25, -0.2) is 8.78 Å². The zero-order valence-corrected chi connectivity index (χ0v) is 16.7. The number of amides is 2. The van der Waals surface area contributed by atoms with Crippen LogP contribution in [0.3, 0.4) is 0 Å². The lowest BCUT2D eigenvalue weighted by Crippen LogP contribution is -2.41. The summed E-state index contributed by atoms with van der Waals surface area (Å²) in [6.07, 6.45) is -5.69. The topological polar surface area (TPSA) is 49.4 Å². The van der Waals surface area contributed by atoms with Crippen molar-refractivity contribution in [3.8, 4) is 0 Å². The van der Waals surface area contributed by atoms with E-state index in [0.717, 1.165) is 17.7 Å². The molecule has 2 amide bonds. The van der Waals surface area contributed by atoms with Crippen molar-refractivity contribution in [1.29, 1.82) is 0 Å². The summed E-state index contributed by atoms with van der Waals surface area (Å²) in [5.41, 5.74) is 1.08. The van der Waals surface area contributed by atoms with Gasteiger partial charge in [0.05, 0.1) is 0 Å². The van der Waals surface area contributed by atoms with Gasteiger partial charge < -0.3 is 10.2 Å². The number of fused-ring (bicyclic) bond motifs is 1. The molecule has 0 aliphatic carbocycles. The minimum Gasteiger partial charge on any atom is -0.354 e. The van der Waals surface area contributed by atoms with Crippen molar-refractivity contribution in [2.24, 2.45) is 0 Å². The van der Waals surface area contributed by atoms with Crippen LogP contribution in [0.4, 0.5) is 22.0 Å². The van der Waals surface area contributed by atoms with Crippen LogP contribution in [0.1, 0.15) is 53.2 Å². The number of nitrogens with zero attached hydrogens (tertiary/aromatic N) is 1. The normalized spacial score (nSPS) is 16.9. The van der Waals surface area contributed by atoms with Gasteiger partial charge in [0.1, 0.15) is 17.7 Å². The molecule has 4 nitrogen and oxygen atoms in total. The molecular formula is C22H21F5N2O2. The summed E-state index contributed by atoms with van der Waals surface area (Å²) in [5.74, 6) is -2.46. The van der Waals surface area contributed by atoms with E-state index < -0.39 is 42.1 Å². The second kappa shape index (κ2) is 9.03. The average molecular weight is 440 g/mol. The quantitative estimate of drug-likeness (QED) is 0.500. The van der Waals surface area contributed by atoms with E-state index in [9.17, 15) is 31.5 Å². The lowest BCUT2D eigenvalue weighted by atomic mass is 9.99. The van der Waals surface area contributed by atoms with Crippen LogP contribution in [-0.4, -0.2) is 36.0 Å². The minimum absolute atomic E-state index is 0.0847. The zero-order valence-electron chi connectivity index (χ0n) is 16.7. The van der Waals surface area contributed by atoms with Gasteiger partial charge in [0, 0.05) is 25.1 Å². The molecule has 2 aromatic rings. The molecule has 0 saturated heterocycles. The Labute approximate surface area is 176 Å². The van der Waals surface area contributed by atoms with Gasteiger partial charge in [-0.15, -0.1) is 0 Å². The molecule has 1 aliphatic heterocycles. The maximum atomic E-state index is 13.8. The van der Waals surface area contributed by atoms with Gasteiger partial charge in [0.2, 0.25) is 5.91 Å². The first-order valence-corrected chi connectivity index (χ1v) is 9.77. The predicted octanol–water partition coefficient (Wildman–Crippen LogP) is 4.72. The number of alkyl halides is 3. The van der Waals surface area contributed by atoms with E-state index in [1.807, 2.05) is 0 Å².